The molecule has 1 amide bonds. The van der Waals surface area contributed by atoms with Gasteiger partial charge in [-0.3, -0.25) is 4.79 Å². The lowest BCUT2D eigenvalue weighted by Crippen LogP contribution is -3.00. The highest BCUT2D eigenvalue weighted by Crippen LogP contribution is 2.24. The number of hydrogen-bond acceptors (Lipinski definition) is 4. The van der Waals surface area contributed by atoms with E-state index in [9.17, 15) is 4.79 Å². The maximum atomic E-state index is 12.7. The second kappa shape index (κ2) is 20.7. The first-order valence-electron chi connectivity index (χ1n) is 17.1. The highest BCUT2D eigenvalue weighted by molar-refractivity contribution is 5.92. The summed E-state index contributed by atoms with van der Waals surface area (Å²) in [6, 6.07) is 16.3. The second-order valence-electron chi connectivity index (χ2n) is 12.1. The summed E-state index contributed by atoms with van der Waals surface area (Å²) < 4.78 is 6.01. The monoisotopic (exact) mass is 673 g/mol. The molecule has 2 heterocycles. The summed E-state index contributed by atoms with van der Waals surface area (Å²) >= 11 is 0. The molecule has 2 aliphatic heterocycles. The molecular weight excluding hydrogens is 622 g/mol. The van der Waals surface area contributed by atoms with Gasteiger partial charge in [0.15, 0.2) is 6.20 Å². The Hall–Kier alpha value is -3.21. The summed E-state index contributed by atoms with van der Waals surface area (Å²) in [4.78, 5) is 21.0. The molecule has 0 N–H and O–H groups in total. The Bertz CT molecular complexity index is 1280. The Kier molecular flexibility index (Phi) is 16.7. The minimum absolute atomic E-state index is 0. The predicted octanol–water partition coefficient (Wildman–Crippen LogP) is 7.09. The molecule has 2 aliphatic rings. The molecule has 6 heteroatoms. The zero-order valence-corrected chi connectivity index (χ0v) is 29.1. The molecule has 0 fully saturated rings. The Labute approximate surface area is 282 Å². The molecule has 0 saturated carbocycles. The summed E-state index contributed by atoms with van der Waals surface area (Å²) in [6.07, 6.45) is 30.8. The summed E-state index contributed by atoms with van der Waals surface area (Å²) in [5, 5.41) is 0. The highest BCUT2D eigenvalue weighted by atomic mass is 79.9. The minimum Gasteiger partial charge on any atom is -1.00 e. The van der Waals surface area contributed by atoms with Crippen molar-refractivity contribution in [2.24, 2.45) is 4.99 Å². The highest BCUT2D eigenvalue weighted by Gasteiger charge is 2.28. The maximum Gasteiger partial charge on any atom is 0.247 e. The van der Waals surface area contributed by atoms with Crippen LogP contribution in [0, 0.1) is 6.20 Å². The third-order valence-corrected chi connectivity index (χ3v) is 8.43. The summed E-state index contributed by atoms with van der Waals surface area (Å²) in [6.45, 7) is 5.18. The summed E-state index contributed by atoms with van der Waals surface area (Å²) in [5.41, 5.74) is 4.02. The van der Waals surface area contributed by atoms with Crippen LogP contribution in [-0.2, 0) is 17.8 Å². The molecule has 2 aromatic rings. The number of hydrogen-bond donors (Lipinski definition) is 0. The minimum atomic E-state index is 0. The average molecular weight is 675 g/mol. The number of carbonyl (C=O) groups is 1. The number of unbranched alkanes of at least 4 members (excludes halogenated alkanes) is 13. The van der Waals surface area contributed by atoms with E-state index in [0.29, 0.717) is 13.0 Å². The molecule has 0 bridgehead atoms. The van der Waals surface area contributed by atoms with Gasteiger partial charge in [0.05, 0.1) is 25.6 Å². The number of carbonyl (C=O) groups excluding carboxylic acids is 1. The zero-order chi connectivity index (χ0) is 30.8. The molecule has 0 saturated heterocycles. The Morgan fingerprint density at radius 3 is 2.11 bits per heavy atom. The van der Waals surface area contributed by atoms with Gasteiger partial charge in [-0.15, -0.1) is 0 Å². The number of fused-ring (bicyclic) bond motifs is 1. The van der Waals surface area contributed by atoms with E-state index in [4.69, 9.17) is 4.74 Å². The Morgan fingerprint density at radius 2 is 1.47 bits per heavy atom. The van der Waals surface area contributed by atoms with Gasteiger partial charge in [-0.25, -0.2) is 4.90 Å². The van der Waals surface area contributed by atoms with Crippen molar-refractivity contribution >= 4 is 17.4 Å². The van der Waals surface area contributed by atoms with Gasteiger partial charge in [-0.05, 0) is 54.0 Å². The van der Waals surface area contributed by atoms with Crippen LogP contribution in [0.15, 0.2) is 83.6 Å². The third kappa shape index (κ3) is 12.6. The van der Waals surface area contributed by atoms with Crippen molar-refractivity contribution < 1.29 is 26.5 Å². The molecule has 5 nitrogen and oxygen atoms in total. The summed E-state index contributed by atoms with van der Waals surface area (Å²) in [7, 11) is 0. The van der Waals surface area contributed by atoms with Crippen LogP contribution in [0.25, 0.3) is 0 Å². The fourth-order valence-electron chi connectivity index (χ4n) is 5.82. The number of amidine groups is 1. The standard InChI is InChI=1S/C39H52N3O2.BrH/c1-3-4-5-6-7-8-9-10-11-12-13-14-15-18-28-44-38-25-23-34(24-26-38)32-42(33(2)43)36-22-19-20-35(29-36)30-39-40-31-37-21-16-17-27-41(37)39;/h16-17,19-27,29H,3-15,18,28,30,32H2,1-2H3;1H/q+1;/p-1. The Balaban J connectivity index is 0.00000552. The van der Waals surface area contributed by atoms with E-state index in [1.165, 1.54) is 83.5 Å². The average Bonchev–Trinajstić information content (AvgIpc) is 3.45. The molecule has 2 aromatic carbocycles. The number of ether oxygens (including phenoxy) is 1. The fourth-order valence-corrected chi connectivity index (χ4v) is 5.82. The SMILES string of the molecule is CCCCCCCCCCCCCCCCOc1ccc(CN(C(C)=O)c2cccc(CC3=N[C+]=C4C=CC=CN43)c2)cc1.[Br-]. The molecule has 0 atom stereocenters. The molecule has 0 aliphatic carbocycles. The predicted molar refractivity (Wildman–Crippen MR) is 184 cm³/mol. The van der Waals surface area contributed by atoms with Crippen LogP contribution in [0.4, 0.5) is 5.69 Å². The van der Waals surface area contributed by atoms with Crippen molar-refractivity contribution in [2.45, 2.75) is 117 Å². The number of aliphatic imine (C=N–C) groups is 1. The molecule has 242 valence electrons. The zero-order valence-electron chi connectivity index (χ0n) is 27.5. The van der Waals surface area contributed by atoms with E-state index < -0.39 is 0 Å². The van der Waals surface area contributed by atoms with Gasteiger partial charge in [-0.1, -0.05) is 120 Å². The fraction of sp³-hybridized carbons (Fsp3) is 0.487. The third-order valence-electron chi connectivity index (χ3n) is 8.43. The van der Waals surface area contributed by atoms with E-state index in [0.717, 1.165) is 47.1 Å². The first-order valence-corrected chi connectivity index (χ1v) is 17.1. The lowest BCUT2D eigenvalue weighted by atomic mass is 10.0. The van der Waals surface area contributed by atoms with E-state index in [1.54, 1.807) is 6.92 Å². The van der Waals surface area contributed by atoms with E-state index in [2.05, 4.69) is 47.3 Å². The van der Waals surface area contributed by atoms with Crippen LogP contribution in [0.5, 0.6) is 5.75 Å². The number of anilines is 1. The second-order valence-corrected chi connectivity index (χ2v) is 12.1. The number of nitrogens with zero attached hydrogens (tertiary/aromatic N) is 3. The van der Waals surface area contributed by atoms with Crippen molar-refractivity contribution in [2.75, 3.05) is 11.5 Å². The Morgan fingerprint density at radius 1 is 0.822 bits per heavy atom. The van der Waals surface area contributed by atoms with Crippen LogP contribution >= 0.6 is 0 Å². The lowest BCUT2D eigenvalue weighted by Gasteiger charge is -2.22. The largest absolute Gasteiger partial charge is 1.00 e. The molecule has 0 unspecified atom stereocenters. The quantitative estimate of drug-likeness (QED) is 0.105. The van der Waals surface area contributed by atoms with E-state index in [1.807, 2.05) is 53.6 Å². The van der Waals surface area contributed by atoms with Gasteiger partial charge in [0.25, 0.3) is 0 Å². The smallest absolute Gasteiger partial charge is 0.247 e. The number of rotatable bonds is 21. The van der Waals surface area contributed by atoms with Gasteiger partial charge >= 0.3 is 0 Å². The maximum absolute atomic E-state index is 12.7. The van der Waals surface area contributed by atoms with Gasteiger partial charge < -0.3 is 26.6 Å². The number of benzene rings is 2. The topological polar surface area (TPSA) is 45.1 Å². The first-order chi connectivity index (χ1) is 21.6. The number of allylic oxidation sites excluding steroid dienone is 3. The van der Waals surface area contributed by atoms with Crippen molar-refractivity contribution in [3.63, 3.8) is 0 Å². The lowest BCUT2D eigenvalue weighted by molar-refractivity contribution is -0.116. The molecular formula is C39H52BrN3O2. The molecule has 0 radical (unpaired) electrons. The van der Waals surface area contributed by atoms with Gasteiger partial charge in [0.1, 0.15) is 5.75 Å². The van der Waals surface area contributed by atoms with Crippen LogP contribution in [0.1, 0.15) is 115 Å². The van der Waals surface area contributed by atoms with E-state index in [-0.39, 0.29) is 22.9 Å². The number of halogens is 1. The number of amides is 1. The van der Waals surface area contributed by atoms with Crippen molar-refractivity contribution in [3.05, 3.63) is 96.0 Å². The molecule has 4 rings (SSSR count). The molecule has 0 spiro atoms. The van der Waals surface area contributed by atoms with Crippen molar-refractivity contribution in [3.8, 4) is 5.75 Å². The van der Waals surface area contributed by atoms with Gasteiger partial charge in [0, 0.05) is 18.8 Å². The van der Waals surface area contributed by atoms with Crippen LogP contribution < -0.4 is 26.6 Å². The van der Waals surface area contributed by atoms with Crippen molar-refractivity contribution in [1.29, 1.82) is 0 Å². The molecule has 45 heavy (non-hydrogen) atoms. The van der Waals surface area contributed by atoms with Crippen LogP contribution in [0.2, 0.25) is 0 Å². The van der Waals surface area contributed by atoms with Gasteiger partial charge in [-0.2, -0.15) is 0 Å². The van der Waals surface area contributed by atoms with Crippen LogP contribution in [0.3, 0.4) is 0 Å². The normalized spacial score (nSPS) is 13.1. The van der Waals surface area contributed by atoms with Crippen LogP contribution in [-0.4, -0.2) is 23.2 Å². The summed E-state index contributed by atoms with van der Waals surface area (Å²) in [5.74, 6) is 1.83. The van der Waals surface area contributed by atoms with Gasteiger partial charge in [0.2, 0.25) is 17.4 Å². The van der Waals surface area contributed by atoms with Crippen molar-refractivity contribution in [1.82, 2.24) is 4.90 Å². The molecule has 0 aromatic heterocycles. The van der Waals surface area contributed by atoms with E-state index >= 15 is 0 Å². The first kappa shape index (κ1) is 36.3.